The molecular formula is C13H14N2O2S. The van der Waals surface area contributed by atoms with Crippen molar-refractivity contribution in [2.45, 2.75) is 19.4 Å². The molecule has 0 bridgehead atoms. The number of aromatic nitrogens is 1. The number of anilines is 1. The lowest BCUT2D eigenvalue weighted by atomic mass is 10.1. The summed E-state index contributed by atoms with van der Waals surface area (Å²) >= 11 is 1.69. The minimum atomic E-state index is -1.01. The molecule has 94 valence electrons. The average molecular weight is 262 g/mol. The van der Waals surface area contributed by atoms with Crippen LogP contribution in [0, 0.1) is 0 Å². The molecule has 0 saturated heterocycles. The van der Waals surface area contributed by atoms with Crippen LogP contribution in [0.2, 0.25) is 0 Å². The van der Waals surface area contributed by atoms with Crippen molar-refractivity contribution in [1.82, 2.24) is 4.98 Å². The number of nitrogens with one attached hydrogen (secondary N) is 1. The van der Waals surface area contributed by atoms with E-state index < -0.39 is 5.97 Å². The Bertz CT molecular complexity index is 508. The third kappa shape index (κ3) is 3.30. The number of hydrogen-bond acceptors (Lipinski definition) is 4. The quantitative estimate of drug-likeness (QED) is 0.869. The summed E-state index contributed by atoms with van der Waals surface area (Å²) in [6, 6.07) is 5.62. The molecule has 0 amide bonds. The van der Waals surface area contributed by atoms with E-state index in [1.807, 2.05) is 0 Å². The topological polar surface area (TPSA) is 62.2 Å². The van der Waals surface area contributed by atoms with Gasteiger partial charge in [0.2, 0.25) is 0 Å². The van der Waals surface area contributed by atoms with E-state index in [0.717, 1.165) is 12.1 Å². The molecular weight excluding hydrogens is 248 g/mol. The lowest BCUT2D eigenvalue weighted by Crippen LogP contribution is -2.18. The number of rotatable bonds is 5. The van der Waals surface area contributed by atoms with E-state index in [-0.39, 0.29) is 11.7 Å². The van der Waals surface area contributed by atoms with Crippen LogP contribution in [0.15, 0.2) is 35.2 Å². The summed E-state index contributed by atoms with van der Waals surface area (Å²) in [6.07, 6.45) is 2.48. The highest BCUT2D eigenvalue weighted by molar-refractivity contribution is 7.07. The van der Waals surface area contributed by atoms with E-state index in [0.29, 0.717) is 0 Å². The molecule has 0 aliphatic rings. The fraction of sp³-hybridized carbons (Fsp3) is 0.231. The van der Waals surface area contributed by atoms with Gasteiger partial charge in [-0.15, -0.1) is 0 Å². The first-order chi connectivity index (χ1) is 8.65. The maximum Gasteiger partial charge on any atom is 0.354 e. The molecule has 1 atom stereocenters. The molecule has 5 heteroatoms. The van der Waals surface area contributed by atoms with Crippen molar-refractivity contribution >= 4 is 23.0 Å². The van der Waals surface area contributed by atoms with E-state index in [1.54, 1.807) is 23.6 Å². The van der Waals surface area contributed by atoms with Crippen molar-refractivity contribution in [3.8, 4) is 0 Å². The molecule has 0 aliphatic carbocycles. The Morgan fingerprint density at radius 3 is 2.89 bits per heavy atom. The van der Waals surface area contributed by atoms with Gasteiger partial charge in [0.15, 0.2) is 0 Å². The summed E-state index contributed by atoms with van der Waals surface area (Å²) in [6.45, 7) is 2.09. The van der Waals surface area contributed by atoms with Crippen LogP contribution in [0.3, 0.4) is 0 Å². The fourth-order valence-corrected chi connectivity index (χ4v) is 2.39. The van der Waals surface area contributed by atoms with Gasteiger partial charge in [-0.25, -0.2) is 9.78 Å². The zero-order chi connectivity index (χ0) is 13.0. The summed E-state index contributed by atoms with van der Waals surface area (Å²) in [5.74, 6) is -1.01. The Labute approximate surface area is 109 Å². The van der Waals surface area contributed by atoms with Crippen molar-refractivity contribution in [2.24, 2.45) is 0 Å². The Morgan fingerprint density at radius 1 is 1.50 bits per heavy atom. The number of pyridine rings is 1. The molecule has 0 spiro atoms. The minimum Gasteiger partial charge on any atom is -0.477 e. The Morgan fingerprint density at radius 2 is 2.33 bits per heavy atom. The Balaban J connectivity index is 1.94. The smallest absolute Gasteiger partial charge is 0.354 e. The third-order valence-corrected chi connectivity index (χ3v) is 3.25. The lowest BCUT2D eigenvalue weighted by Gasteiger charge is -2.14. The monoisotopic (exact) mass is 262 g/mol. The van der Waals surface area contributed by atoms with Gasteiger partial charge >= 0.3 is 5.97 Å². The highest BCUT2D eigenvalue weighted by atomic mass is 32.1. The summed E-state index contributed by atoms with van der Waals surface area (Å²) in [5.41, 5.74) is 2.20. The Kier molecular flexibility index (Phi) is 3.94. The van der Waals surface area contributed by atoms with Crippen LogP contribution >= 0.6 is 11.3 Å². The maximum atomic E-state index is 10.7. The second kappa shape index (κ2) is 5.64. The molecule has 0 saturated carbocycles. The highest BCUT2D eigenvalue weighted by Crippen LogP contribution is 2.13. The van der Waals surface area contributed by atoms with Crippen molar-refractivity contribution in [3.63, 3.8) is 0 Å². The van der Waals surface area contributed by atoms with Gasteiger partial charge in [-0.3, -0.25) is 0 Å². The van der Waals surface area contributed by atoms with Crippen LogP contribution in [0.4, 0.5) is 5.69 Å². The number of thiophene rings is 1. The van der Waals surface area contributed by atoms with Gasteiger partial charge in [0.1, 0.15) is 5.69 Å². The highest BCUT2D eigenvalue weighted by Gasteiger charge is 2.06. The number of carboxylic acids is 1. The molecule has 1 unspecified atom stereocenters. The largest absolute Gasteiger partial charge is 0.477 e. The molecule has 0 fully saturated rings. The summed E-state index contributed by atoms with van der Waals surface area (Å²) < 4.78 is 0. The van der Waals surface area contributed by atoms with Crippen LogP contribution in [-0.4, -0.2) is 22.1 Å². The van der Waals surface area contributed by atoms with Crippen molar-refractivity contribution in [2.75, 3.05) is 5.32 Å². The standard InChI is InChI=1S/C13H14N2O2S/c1-9(6-10-4-5-18-8-10)15-11-2-3-12(13(16)17)14-7-11/h2-5,7-9,15H,6H2,1H3,(H,16,17). The van der Waals surface area contributed by atoms with Gasteiger partial charge in [0.05, 0.1) is 11.9 Å². The fourth-order valence-electron chi connectivity index (χ4n) is 1.70. The first-order valence-electron chi connectivity index (χ1n) is 5.62. The second-order valence-corrected chi connectivity index (χ2v) is 4.90. The van der Waals surface area contributed by atoms with E-state index in [4.69, 9.17) is 5.11 Å². The first-order valence-corrected chi connectivity index (χ1v) is 6.56. The van der Waals surface area contributed by atoms with E-state index in [9.17, 15) is 4.79 Å². The van der Waals surface area contributed by atoms with Gasteiger partial charge in [-0.05, 0) is 47.9 Å². The Hall–Kier alpha value is -1.88. The third-order valence-electron chi connectivity index (χ3n) is 2.52. The van der Waals surface area contributed by atoms with Gasteiger partial charge < -0.3 is 10.4 Å². The predicted octanol–water partition coefficient (Wildman–Crippen LogP) is 2.88. The normalized spacial score (nSPS) is 12.1. The number of carbonyl (C=O) groups is 1. The molecule has 18 heavy (non-hydrogen) atoms. The summed E-state index contributed by atoms with van der Waals surface area (Å²) in [5, 5.41) is 16.2. The molecule has 2 heterocycles. The van der Waals surface area contributed by atoms with Crippen LogP contribution in [0.25, 0.3) is 0 Å². The van der Waals surface area contributed by atoms with E-state index in [1.165, 1.54) is 11.6 Å². The zero-order valence-electron chi connectivity index (χ0n) is 9.96. The summed E-state index contributed by atoms with van der Waals surface area (Å²) in [7, 11) is 0. The molecule has 4 nitrogen and oxygen atoms in total. The minimum absolute atomic E-state index is 0.0611. The van der Waals surface area contributed by atoms with E-state index >= 15 is 0 Å². The zero-order valence-corrected chi connectivity index (χ0v) is 10.8. The van der Waals surface area contributed by atoms with Crippen molar-refractivity contribution < 1.29 is 9.90 Å². The average Bonchev–Trinajstić information content (AvgIpc) is 2.82. The molecule has 2 aromatic rings. The molecule has 0 radical (unpaired) electrons. The van der Waals surface area contributed by atoms with Crippen molar-refractivity contribution in [1.29, 1.82) is 0 Å². The van der Waals surface area contributed by atoms with Gasteiger partial charge in [0.25, 0.3) is 0 Å². The number of carboxylic acid groups (broad SMARTS) is 1. The summed E-state index contributed by atoms with van der Waals surface area (Å²) in [4.78, 5) is 14.5. The second-order valence-electron chi connectivity index (χ2n) is 4.12. The van der Waals surface area contributed by atoms with Crippen LogP contribution in [0.1, 0.15) is 23.0 Å². The molecule has 0 aliphatic heterocycles. The van der Waals surface area contributed by atoms with Gasteiger partial charge in [-0.1, -0.05) is 0 Å². The maximum absolute atomic E-state index is 10.7. The molecule has 2 aromatic heterocycles. The number of aromatic carboxylic acids is 1. The van der Waals surface area contributed by atoms with E-state index in [2.05, 4.69) is 34.1 Å². The van der Waals surface area contributed by atoms with Gasteiger partial charge in [-0.2, -0.15) is 11.3 Å². The SMILES string of the molecule is CC(Cc1ccsc1)Nc1ccc(C(=O)O)nc1. The van der Waals surface area contributed by atoms with Crippen LogP contribution in [-0.2, 0) is 6.42 Å². The first kappa shape index (κ1) is 12.6. The molecule has 2 rings (SSSR count). The number of hydrogen-bond donors (Lipinski definition) is 2. The van der Waals surface area contributed by atoms with Gasteiger partial charge in [0, 0.05) is 6.04 Å². The van der Waals surface area contributed by atoms with Crippen molar-refractivity contribution in [3.05, 3.63) is 46.4 Å². The lowest BCUT2D eigenvalue weighted by molar-refractivity contribution is 0.0690. The van der Waals surface area contributed by atoms with Crippen LogP contribution < -0.4 is 5.32 Å². The number of nitrogens with zero attached hydrogens (tertiary/aromatic N) is 1. The molecule has 0 aromatic carbocycles. The molecule has 2 N–H and O–H groups in total. The predicted molar refractivity (Wildman–Crippen MR) is 72.3 cm³/mol. The van der Waals surface area contributed by atoms with Crippen LogP contribution in [0.5, 0.6) is 0 Å².